The van der Waals surface area contributed by atoms with Crippen molar-refractivity contribution in [3.05, 3.63) is 0 Å². The van der Waals surface area contributed by atoms with Gasteiger partial charge in [-0.3, -0.25) is 9.59 Å². The van der Waals surface area contributed by atoms with Gasteiger partial charge in [-0.15, -0.1) is 0 Å². The first-order valence-electron chi connectivity index (χ1n) is 7.27. The molecule has 0 unspecified atom stereocenters. The van der Waals surface area contributed by atoms with Crippen molar-refractivity contribution in [2.45, 2.75) is 55.4 Å². The highest BCUT2D eigenvalue weighted by Gasteiger charge is 2.50. The molecule has 4 heteroatoms. The topological polar surface area (TPSA) is 52.6 Å². The summed E-state index contributed by atoms with van der Waals surface area (Å²) in [6.45, 7) is 15.5. The van der Waals surface area contributed by atoms with Gasteiger partial charge in [0, 0.05) is 0 Å². The van der Waals surface area contributed by atoms with E-state index >= 15 is 0 Å². The number of ether oxygens (including phenoxy) is 2. The van der Waals surface area contributed by atoms with Crippen LogP contribution in [0.5, 0.6) is 0 Å². The molecule has 118 valence electrons. The molecule has 0 amide bonds. The summed E-state index contributed by atoms with van der Waals surface area (Å²) in [4.78, 5) is 24.5. The molecule has 0 fully saturated rings. The molecule has 0 aliphatic rings. The molecule has 0 radical (unpaired) electrons. The van der Waals surface area contributed by atoms with Crippen LogP contribution in [0.1, 0.15) is 55.4 Å². The third-order valence-corrected chi connectivity index (χ3v) is 3.68. The van der Waals surface area contributed by atoms with Crippen molar-refractivity contribution in [3.8, 4) is 0 Å². The Kier molecular flexibility index (Phi) is 6.72. The molecular weight excluding hydrogens is 256 g/mol. The first-order chi connectivity index (χ1) is 8.92. The Morgan fingerprint density at radius 2 is 1.00 bits per heavy atom. The highest BCUT2D eigenvalue weighted by atomic mass is 16.5. The minimum absolute atomic E-state index is 0.269. The van der Waals surface area contributed by atoms with Crippen LogP contribution in [0.15, 0.2) is 0 Å². The summed E-state index contributed by atoms with van der Waals surface area (Å²) < 4.78 is 10.6. The second-order valence-electron chi connectivity index (χ2n) is 7.23. The van der Waals surface area contributed by atoms with E-state index < -0.39 is 10.8 Å². The molecule has 0 aliphatic heterocycles. The number of carbonyl (C=O) groups is 2. The van der Waals surface area contributed by atoms with Crippen molar-refractivity contribution < 1.29 is 19.1 Å². The van der Waals surface area contributed by atoms with Gasteiger partial charge < -0.3 is 9.47 Å². The second kappa shape index (κ2) is 7.09. The van der Waals surface area contributed by atoms with Gasteiger partial charge in [-0.1, -0.05) is 27.7 Å². The van der Waals surface area contributed by atoms with Crippen LogP contribution in [0.4, 0.5) is 0 Å². The quantitative estimate of drug-likeness (QED) is 0.673. The minimum atomic E-state index is -0.935. The largest absolute Gasteiger partial charge is 0.465 e. The van der Waals surface area contributed by atoms with E-state index in [9.17, 15) is 9.59 Å². The Morgan fingerprint density at radius 3 is 1.20 bits per heavy atom. The first kappa shape index (κ1) is 18.9. The predicted molar refractivity (Wildman–Crippen MR) is 79.2 cm³/mol. The molecular formula is C16H30O4. The lowest BCUT2D eigenvalue weighted by Gasteiger charge is -2.37. The van der Waals surface area contributed by atoms with E-state index in [-0.39, 0.29) is 23.8 Å². The van der Waals surface area contributed by atoms with Crippen LogP contribution in [-0.4, -0.2) is 25.2 Å². The lowest BCUT2D eigenvalue weighted by atomic mass is 9.68. The van der Waals surface area contributed by atoms with Gasteiger partial charge in [-0.2, -0.15) is 0 Å². The van der Waals surface area contributed by atoms with Crippen LogP contribution in [-0.2, 0) is 19.1 Å². The average Bonchev–Trinajstić information content (AvgIpc) is 2.32. The second-order valence-corrected chi connectivity index (χ2v) is 7.23. The standard InChI is InChI=1S/C16H30O4/c1-11(2)9-19-13(17)15(5,6)16(7,8)14(18)20-10-12(3)4/h11-12H,9-10H2,1-8H3. The van der Waals surface area contributed by atoms with Crippen LogP contribution >= 0.6 is 0 Å². The van der Waals surface area contributed by atoms with Crippen molar-refractivity contribution in [3.63, 3.8) is 0 Å². The Morgan fingerprint density at radius 1 is 0.750 bits per heavy atom. The van der Waals surface area contributed by atoms with E-state index in [1.807, 2.05) is 27.7 Å². The van der Waals surface area contributed by atoms with Crippen LogP contribution in [0.25, 0.3) is 0 Å². The normalized spacial score (nSPS) is 12.7. The lowest BCUT2D eigenvalue weighted by Crippen LogP contribution is -2.47. The summed E-state index contributed by atoms with van der Waals surface area (Å²) in [6, 6.07) is 0. The maximum absolute atomic E-state index is 12.2. The number of carbonyl (C=O) groups excluding carboxylic acids is 2. The predicted octanol–water partition coefficient (Wildman–Crippen LogP) is 3.44. The number of rotatable bonds is 7. The fourth-order valence-electron chi connectivity index (χ4n) is 1.36. The van der Waals surface area contributed by atoms with Gasteiger partial charge in [-0.25, -0.2) is 0 Å². The van der Waals surface area contributed by atoms with Gasteiger partial charge in [0.05, 0.1) is 24.0 Å². The fraction of sp³-hybridized carbons (Fsp3) is 0.875. The minimum Gasteiger partial charge on any atom is -0.465 e. The van der Waals surface area contributed by atoms with Gasteiger partial charge in [0.25, 0.3) is 0 Å². The third kappa shape index (κ3) is 4.80. The Labute approximate surface area is 123 Å². The van der Waals surface area contributed by atoms with Crippen LogP contribution in [0, 0.1) is 22.7 Å². The van der Waals surface area contributed by atoms with Crippen LogP contribution in [0.3, 0.4) is 0 Å². The molecule has 0 saturated heterocycles. The van der Waals surface area contributed by atoms with Crippen molar-refractivity contribution in [2.24, 2.45) is 22.7 Å². The number of hydrogen-bond donors (Lipinski definition) is 0. The average molecular weight is 286 g/mol. The smallest absolute Gasteiger partial charge is 0.312 e. The first-order valence-corrected chi connectivity index (χ1v) is 7.27. The molecule has 0 aromatic rings. The van der Waals surface area contributed by atoms with Crippen LogP contribution < -0.4 is 0 Å². The van der Waals surface area contributed by atoms with E-state index in [1.165, 1.54) is 0 Å². The number of esters is 2. The fourth-order valence-corrected chi connectivity index (χ4v) is 1.36. The summed E-state index contributed by atoms with van der Waals surface area (Å²) in [5, 5.41) is 0. The summed E-state index contributed by atoms with van der Waals surface area (Å²) in [5.74, 6) is -0.188. The SMILES string of the molecule is CC(C)COC(=O)C(C)(C)C(C)(C)C(=O)OCC(C)C. The zero-order chi connectivity index (χ0) is 16.1. The zero-order valence-corrected chi connectivity index (χ0v) is 14.2. The maximum Gasteiger partial charge on any atom is 0.312 e. The molecule has 4 nitrogen and oxygen atoms in total. The third-order valence-electron chi connectivity index (χ3n) is 3.68. The van der Waals surface area contributed by atoms with Gasteiger partial charge in [0.2, 0.25) is 0 Å². The van der Waals surface area contributed by atoms with Gasteiger partial charge in [0.1, 0.15) is 0 Å². The maximum atomic E-state index is 12.2. The summed E-state index contributed by atoms with van der Waals surface area (Å²) in [5.41, 5.74) is -1.87. The molecule has 0 spiro atoms. The molecule has 0 aliphatic carbocycles. The van der Waals surface area contributed by atoms with Gasteiger partial charge in [0.15, 0.2) is 0 Å². The van der Waals surface area contributed by atoms with Crippen molar-refractivity contribution in [2.75, 3.05) is 13.2 Å². The Bertz CT molecular complexity index is 306. The lowest BCUT2D eigenvalue weighted by molar-refractivity contribution is -0.176. The van der Waals surface area contributed by atoms with Crippen molar-refractivity contribution >= 4 is 11.9 Å². The number of hydrogen-bond acceptors (Lipinski definition) is 4. The highest BCUT2D eigenvalue weighted by Crippen LogP contribution is 2.40. The molecule has 0 atom stereocenters. The van der Waals surface area contributed by atoms with E-state index in [2.05, 4.69) is 0 Å². The molecule has 0 rings (SSSR count). The van der Waals surface area contributed by atoms with E-state index in [4.69, 9.17) is 9.47 Å². The molecule has 0 bridgehead atoms. The zero-order valence-electron chi connectivity index (χ0n) is 14.2. The van der Waals surface area contributed by atoms with E-state index in [1.54, 1.807) is 27.7 Å². The highest BCUT2D eigenvalue weighted by molar-refractivity contribution is 5.87. The van der Waals surface area contributed by atoms with E-state index in [0.29, 0.717) is 13.2 Å². The molecule has 20 heavy (non-hydrogen) atoms. The molecule has 0 aromatic heterocycles. The molecule has 0 aromatic carbocycles. The summed E-state index contributed by atoms with van der Waals surface area (Å²) >= 11 is 0. The van der Waals surface area contributed by atoms with Gasteiger partial charge >= 0.3 is 11.9 Å². The summed E-state index contributed by atoms with van der Waals surface area (Å²) in [7, 11) is 0. The van der Waals surface area contributed by atoms with Crippen molar-refractivity contribution in [1.29, 1.82) is 0 Å². The molecule has 0 heterocycles. The van der Waals surface area contributed by atoms with Crippen molar-refractivity contribution in [1.82, 2.24) is 0 Å². The Hall–Kier alpha value is -1.06. The molecule has 0 saturated carbocycles. The van der Waals surface area contributed by atoms with Gasteiger partial charge in [-0.05, 0) is 39.5 Å². The monoisotopic (exact) mass is 286 g/mol. The molecule has 0 N–H and O–H groups in total. The van der Waals surface area contributed by atoms with Crippen LogP contribution in [0.2, 0.25) is 0 Å². The summed E-state index contributed by atoms with van der Waals surface area (Å²) in [6.07, 6.45) is 0. The Balaban J connectivity index is 4.86. The van der Waals surface area contributed by atoms with E-state index in [0.717, 1.165) is 0 Å².